The number of likely N-dealkylation sites (tertiary alicyclic amines) is 1. The highest BCUT2D eigenvalue weighted by Gasteiger charge is 2.25. The van der Waals surface area contributed by atoms with Crippen molar-refractivity contribution in [2.75, 3.05) is 19.6 Å². The molecule has 0 radical (unpaired) electrons. The summed E-state index contributed by atoms with van der Waals surface area (Å²) in [5.41, 5.74) is 3.95. The lowest BCUT2D eigenvalue weighted by atomic mass is 9.95. The van der Waals surface area contributed by atoms with E-state index in [0.29, 0.717) is 5.92 Å². The zero-order valence-corrected chi connectivity index (χ0v) is 18.6. The first-order valence-electron chi connectivity index (χ1n) is 10.5. The number of pyridine rings is 1. The molecule has 0 saturated carbocycles. The number of piperidine rings is 1. The monoisotopic (exact) mass is 419 g/mol. The summed E-state index contributed by atoms with van der Waals surface area (Å²) in [6.45, 7) is 5.48. The van der Waals surface area contributed by atoms with Crippen LogP contribution in [0, 0.1) is 0 Å². The predicted octanol–water partition coefficient (Wildman–Crippen LogP) is 4.79. The molecule has 2 aromatic heterocycles. The van der Waals surface area contributed by atoms with E-state index in [9.17, 15) is 0 Å². The Morgan fingerprint density at radius 3 is 2.53 bits per heavy atom. The molecule has 0 bridgehead atoms. The Labute approximate surface area is 183 Å². The first kappa shape index (κ1) is 20.8. The molecule has 156 valence electrons. The van der Waals surface area contributed by atoms with E-state index in [1.807, 2.05) is 24.5 Å². The lowest BCUT2D eigenvalue weighted by Crippen LogP contribution is -2.34. The van der Waals surface area contributed by atoms with Crippen LogP contribution in [0.5, 0.6) is 0 Å². The molecule has 4 rings (SSSR count). The van der Waals surface area contributed by atoms with Gasteiger partial charge in [-0.2, -0.15) is 0 Å². The SMILES string of the molecule is C/C(=C\c1ccccc1)CN1CCC(c2nnc(SCc3ccncc3)n2C)CC1. The highest BCUT2D eigenvalue weighted by molar-refractivity contribution is 7.98. The third-order valence-electron chi connectivity index (χ3n) is 5.62. The van der Waals surface area contributed by atoms with E-state index >= 15 is 0 Å². The van der Waals surface area contributed by atoms with Crippen molar-refractivity contribution < 1.29 is 0 Å². The summed E-state index contributed by atoms with van der Waals surface area (Å²) in [5, 5.41) is 9.99. The van der Waals surface area contributed by atoms with Gasteiger partial charge in [-0.25, -0.2) is 0 Å². The summed E-state index contributed by atoms with van der Waals surface area (Å²) in [6.07, 6.45) is 8.24. The molecule has 0 amide bonds. The number of rotatable bonds is 7. The Kier molecular flexibility index (Phi) is 6.97. The van der Waals surface area contributed by atoms with Crippen LogP contribution >= 0.6 is 11.8 Å². The summed E-state index contributed by atoms with van der Waals surface area (Å²) in [6, 6.07) is 14.7. The van der Waals surface area contributed by atoms with Gasteiger partial charge in [0.1, 0.15) is 5.82 Å². The molecule has 0 atom stereocenters. The van der Waals surface area contributed by atoms with Crippen molar-refractivity contribution in [2.24, 2.45) is 7.05 Å². The minimum absolute atomic E-state index is 0.493. The van der Waals surface area contributed by atoms with Gasteiger partial charge in [-0.1, -0.05) is 53.7 Å². The van der Waals surface area contributed by atoms with Crippen LogP contribution in [0.15, 0.2) is 65.6 Å². The van der Waals surface area contributed by atoms with Crippen molar-refractivity contribution >= 4 is 17.8 Å². The molecule has 1 aliphatic rings. The van der Waals surface area contributed by atoms with Gasteiger partial charge in [0, 0.05) is 37.7 Å². The standard InChI is InChI=1S/C24H29N5S/c1-19(16-20-6-4-3-5-7-20)17-29-14-10-22(11-15-29)23-26-27-24(28(23)2)30-18-21-8-12-25-13-9-21/h3-9,12-13,16,22H,10-11,14-15,17-18H2,1-2H3/b19-16+. The highest BCUT2D eigenvalue weighted by Crippen LogP contribution is 2.30. The van der Waals surface area contributed by atoms with Crippen LogP contribution in [-0.2, 0) is 12.8 Å². The number of nitrogens with zero attached hydrogens (tertiary/aromatic N) is 5. The molecule has 1 aromatic carbocycles. The van der Waals surface area contributed by atoms with Gasteiger partial charge in [-0.05, 0) is 56.1 Å². The van der Waals surface area contributed by atoms with Gasteiger partial charge in [0.25, 0.3) is 0 Å². The molecule has 6 heteroatoms. The van der Waals surface area contributed by atoms with Crippen LogP contribution in [-0.4, -0.2) is 44.3 Å². The van der Waals surface area contributed by atoms with E-state index in [0.717, 1.165) is 49.2 Å². The van der Waals surface area contributed by atoms with Gasteiger partial charge in [-0.15, -0.1) is 10.2 Å². The molecule has 5 nitrogen and oxygen atoms in total. The number of hydrogen-bond donors (Lipinski definition) is 0. The fourth-order valence-electron chi connectivity index (χ4n) is 4.02. The van der Waals surface area contributed by atoms with Crippen molar-refractivity contribution in [1.82, 2.24) is 24.6 Å². The second-order valence-corrected chi connectivity index (χ2v) is 8.94. The second kappa shape index (κ2) is 10.0. The number of thioether (sulfide) groups is 1. The van der Waals surface area contributed by atoms with Crippen LogP contribution in [0.3, 0.4) is 0 Å². The van der Waals surface area contributed by atoms with Crippen molar-refractivity contribution in [2.45, 2.75) is 36.6 Å². The molecule has 1 fully saturated rings. The van der Waals surface area contributed by atoms with Gasteiger partial charge < -0.3 is 4.57 Å². The molecule has 1 saturated heterocycles. The van der Waals surface area contributed by atoms with E-state index in [2.05, 4.69) is 75.0 Å². The maximum Gasteiger partial charge on any atom is 0.191 e. The Morgan fingerprint density at radius 2 is 1.80 bits per heavy atom. The summed E-state index contributed by atoms with van der Waals surface area (Å²) in [4.78, 5) is 6.63. The topological polar surface area (TPSA) is 46.8 Å². The van der Waals surface area contributed by atoms with Gasteiger partial charge in [0.2, 0.25) is 0 Å². The molecule has 3 aromatic rings. The van der Waals surface area contributed by atoms with Crippen molar-refractivity contribution in [1.29, 1.82) is 0 Å². The summed E-state index contributed by atoms with van der Waals surface area (Å²) < 4.78 is 2.19. The number of hydrogen-bond acceptors (Lipinski definition) is 5. The Hall–Kier alpha value is -2.44. The van der Waals surface area contributed by atoms with Crippen LogP contribution in [0.1, 0.15) is 42.6 Å². The number of benzene rings is 1. The van der Waals surface area contributed by atoms with Crippen molar-refractivity contribution in [3.05, 3.63) is 77.4 Å². The van der Waals surface area contributed by atoms with Crippen LogP contribution in [0.2, 0.25) is 0 Å². The van der Waals surface area contributed by atoms with Crippen molar-refractivity contribution in [3.8, 4) is 0 Å². The maximum absolute atomic E-state index is 4.54. The normalized spacial score (nSPS) is 16.1. The van der Waals surface area contributed by atoms with E-state index in [1.165, 1.54) is 16.7 Å². The summed E-state index contributed by atoms with van der Waals surface area (Å²) in [5.74, 6) is 2.51. The van der Waals surface area contributed by atoms with Gasteiger partial charge in [-0.3, -0.25) is 9.88 Å². The molecule has 0 spiro atoms. The van der Waals surface area contributed by atoms with Crippen molar-refractivity contribution in [3.63, 3.8) is 0 Å². The summed E-state index contributed by atoms with van der Waals surface area (Å²) in [7, 11) is 2.10. The zero-order valence-electron chi connectivity index (χ0n) is 17.7. The molecule has 0 N–H and O–H groups in total. The first-order chi connectivity index (χ1) is 14.7. The van der Waals surface area contributed by atoms with Gasteiger partial charge in [0.15, 0.2) is 5.16 Å². The Balaban J connectivity index is 1.30. The fraction of sp³-hybridized carbons (Fsp3) is 0.375. The summed E-state index contributed by atoms with van der Waals surface area (Å²) >= 11 is 1.74. The van der Waals surface area contributed by atoms with Gasteiger partial charge >= 0.3 is 0 Å². The van der Waals surface area contributed by atoms with E-state index in [4.69, 9.17) is 0 Å². The molecular formula is C24H29N5S. The minimum atomic E-state index is 0.493. The first-order valence-corrected chi connectivity index (χ1v) is 11.5. The Bertz CT molecular complexity index is 960. The fourth-order valence-corrected chi connectivity index (χ4v) is 4.89. The average Bonchev–Trinajstić information content (AvgIpc) is 3.14. The van der Waals surface area contributed by atoms with Crippen LogP contribution in [0.4, 0.5) is 0 Å². The van der Waals surface area contributed by atoms with Crippen LogP contribution in [0.25, 0.3) is 6.08 Å². The minimum Gasteiger partial charge on any atom is -0.309 e. The van der Waals surface area contributed by atoms with E-state index in [1.54, 1.807) is 11.8 Å². The Morgan fingerprint density at radius 1 is 1.07 bits per heavy atom. The van der Waals surface area contributed by atoms with Crippen LogP contribution < -0.4 is 0 Å². The lowest BCUT2D eigenvalue weighted by Gasteiger charge is -2.31. The predicted molar refractivity (Wildman–Crippen MR) is 123 cm³/mol. The smallest absolute Gasteiger partial charge is 0.191 e. The molecule has 0 unspecified atom stereocenters. The average molecular weight is 420 g/mol. The van der Waals surface area contributed by atoms with E-state index in [-0.39, 0.29) is 0 Å². The maximum atomic E-state index is 4.54. The highest BCUT2D eigenvalue weighted by atomic mass is 32.2. The third-order valence-corrected chi connectivity index (χ3v) is 6.72. The molecule has 0 aliphatic carbocycles. The second-order valence-electron chi connectivity index (χ2n) is 8.00. The molecule has 1 aliphatic heterocycles. The quantitative estimate of drug-likeness (QED) is 0.516. The molecule has 30 heavy (non-hydrogen) atoms. The van der Waals surface area contributed by atoms with E-state index < -0.39 is 0 Å². The van der Waals surface area contributed by atoms with Gasteiger partial charge in [0.05, 0.1) is 0 Å². The zero-order chi connectivity index (χ0) is 20.8. The number of aromatic nitrogens is 4. The molecular weight excluding hydrogens is 390 g/mol. The largest absolute Gasteiger partial charge is 0.309 e. The molecule has 3 heterocycles. The lowest BCUT2D eigenvalue weighted by molar-refractivity contribution is 0.223. The third kappa shape index (κ3) is 5.37.